The van der Waals surface area contributed by atoms with E-state index in [9.17, 15) is 4.79 Å². The Morgan fingerprint density at radius 1 is 1.04 bits per heavy atom. The minimum atomic E-state index is -0.162. The van der Waals surface area contributed by atoms with Gasteiger partial charge in [0, 0.05) is 29.7 Å². The summed E-state index contributed by atoms with van der Waals surface area (Å²) in [6.45, 7) is 3.61. The highest BCUT2D eigenvalue weighted by atomic mass is 16.3. The van der Waals surface area contributed by atoms with Gasteiger partial charge in [-0.2, -0.15) is 0 Å². The molecule has 0 bridgehead atoms. The first-order valence-corrected chi connectivity index (χ1v) is 8.54. The van der Waals surface area contributed by atoms with Crippen LogP contribution in [0.4, 0.5) is 0 Å². The molecule has 1 N–H and O–H groups in total. The molecule has 126 valence electrons. The molecular weight excluding hydrogens is 312 g/mol. The lowest BCUT2D eigenvalue weighted by atomic mass is 10.2. The Kier molecular flexibility index (Phi) is 4.02. The Hall–Kier alpha value is -3.01. The van der Waals surface area contributed by atoms with Gasteiger partial charge in [0.1, 0.15) is 5.58 Å². The zero-order valence-corrected chi connectivity index (χ0v) is 14.2. The minimum absolute atomic E-state index is 0.162. The van der Waals surface area contributed by atoms with E-state index in [1.165, 1.54) is 16.6 Å². The number of carbonyl (C=O) groups is 1. The summed E-state index contributed by atoms with van der Waals surface area (Å²) in [7, 11) is 0. The van der Waals surface area contributed by atoms with Crippen molar-refractivity contribution in [3.8, 4) is 0 Å². The molecule has 4 nitrogen and oxygen atoms in total. The summed E-state index contributed by atoms with van der Waals surface area (Å²) in [5, 5.41) is 5.15. The molecule has 0 atom stereocenters. The van der Waals surface area contributed by atoms with Crippen LogP contribution in [0.3, 0.4) is 0 Å². The highest BCUT2D eigenvalue weighted by molar-refractivity contribution is 5.96. The summed E-state index contributed by atoms with van der Waals surface area (Å²) in [5.74, 6) is 0.203. The molecule has 4 aromatic rings. The maximum atomic E-state index is 12.2. The van der Waals surface area contributed by atoms with Gasteiger partial charge in [-0.05, 0) is 43.0 Å². The van der Waals surface area contributed by atoms with Crippen LogP contribution in [0.25, 0.3) is 21.9 Å². The number of para-hydroxylation sites is 2. The number of hydrogen-bond acceptors (Lipinski definition) is 2. The molecule has 0 aliphatic heterocycles. The lowest BCUT2D eigenvalue weighted by Gasteiger charge is -2.08. The third-order valence-electron chi connectivity index (χ3n) is 4.51. The van der Waals surface area contributed by atoms with Crippen molar-refractivity contribution in [1.29, 1.82) is 0 Å². The standard InChI is InChI=1S/C21H20N2O2/c1-15-13-16-7-2-4-9-18(16)23(15)12-6-11-22-21(24)20-14-17-8-3-5-10-19(17)25-20/h2-5,7-10,13-14H,6,11-12H2,1H3,(H,22,24). The van der Waals surface area contributed by atoms with E-state index >= 15 is 0 Å². The zero-order valence-electron chi connectivity index (χ0n) is 14.2. The van der Waals surface area contributed by atoms with Crippen molar-refractivity contribution in [2.24, 2.45) is 0 Å². The molecule has 4 rings (SSSR count). The summed E-state index contributed by atoms with van der Waals surface area (Å²) in [6.07, 6.45) is 0.867. The highest BCUT2D eigenvalue weighted by Crippen LogP contribution is 2.20. The third kappa shape index (κ3) is 3.03. The fourth-order valence-electron chi connectivity index (χ4n) is 3.27. The Labute approximate surface area is 146 Å². The molecule has 0 saturated heterocycles. The highest BCUT2D eigenvalue weighted by Gasteiger charge is 2.11. The normalized spacial score (nSPS) is 11.2. The van der Waals surface area contributed by atoms with Gasteiger partial charge in [0.05, 0.1) is 0 Å². The Morgan fingerprint density at radius 2 is 1.80 bits per heavy atom. The molecule has 0 aliphatic carbocycles. The van der Waals surface area contributed by atoms with Gasteiger partial charge in [-0.3, -0.25) is 4.79 Å². The number of aryl methyl sites for hydroxylation is 2. The van der Waals surface area contributed by atoms with Crippen LogP contribution in [0, 0.1) is 6.92 Å². The summed E-state index contributed by atoms with van der Waals surface area (Å²) in [4.78, 5) is 12.2. The van der Waals surface area contributed by atoms with Gasteiger partial charge in [0.15, 0.2) is 5.76 Å². The lowest BCUT2D eigenvalue weighted by Crippen LogP contribution is -2.24. The van der Waals surface area contributed by atoms with Crippen LogP contribution in [0.5, 0.6) is 0 Å². The van der Waals surface area contributed by atoms with Crippen LogP contribution in [-0.2, 0) is 6.54 Å². The maximum Gasteiger partial charge on any atom is 0.287 e. The predicted octanol–water partition coefficient (Wildman–Crippen LogP) is 4.52. The second-order valence-corrected chi connectivity index (χ2v) is 6.25. The Balaban J connectivity index is 1.37. The van der Waals surface area contributed by atoms with Crippen molar-refractivity contribution in [2.75, 3.05) is 6.54 Å². The molecule has 0 spiro atoms. The number of nitrogens with zero attached hydrogens (tertiary/aromatic N) is 1. The van der Waals surface area contributed by atoms with Crippen LogP contribution >= 0.6 is 0 Å². The van der Waals surface area contributed by atoms with Crippen LogP contribution in [0.1, 0.15) is 22.7 Å². The SMILES string of the molecule is Cc1cc2ccccc2n1CCCNC(=O)c1cc2ccccc2o1. The van der Waals surface area contributed by atoms with Crippen LogP contribution in [-0.4, -0.2) is 17.0 Å². The van der Waals surface area contributed by atoms with E-state index in [4.69, 9.17) is 4.42 Å². The van der Waals surface area contributed by atoms with Crippen LogP contribution in [0.15, 0.2) is 65.1 Å². The minimum Gasteiger partial charge on any atom is -0.451 e. The zero-order chi connectivity index (χ0) is 17.2. The second-order valence-electron chi connectivity index (χ2n) is 6.25. The molecule has 0 fully saturated rings. The van der Waals surface area contributed by atoms with Gasteiger partial charge in [0.2, 0.25) is 0 Å². The molecule has 2 aromatic heterocycles. The van der Waals surface area contributed by atoms with E-state index in [0.29, 0.717) is 12.3 Å². The summed E-state index contributed by atoms with van der Waals surface area (Å²) in [5.41, 5.74) is 3.22. The van der Waals surface area contributed by atoms with Crippen molar-refractivity contribution in [2.45, 2.75) is 19.9 Å². The Morgan fingerprint density at radius 3 is 2.64 bits per heavy atom. The molecule has 0 saturated carbocycles. The number of furan rings is 1. The number of carbonyl (C=O) groups excluding carboxylic acids is 1. The summed E-state index contributed by atoms with van der Waals surface area (Å²) in [6, 6.07) is 20.0. The first-order valence-electron chi connectivity index (χ1n) is 8.54. The molecule has 0 radical (unpaired) electrons. The quantitative estimate of drug-likeness (QED) is 0.546. The third-order valence-corrected chi connectivity index (χ3v) is 4.51. The van der Waals surface area contributed by atoms with Gasteiger partial charge in [-0.15, -0.1) is 0 Å². The van der Waals surface area contributed by atoms with Gasteiger partial charge in [0.25, 0.3) is 5.91 Å². The van der Waals surface area contributed by atoms with E-state index < -0.39 is 0 Å². The molecule has 0 aliphatic rings. The van der Waals surface area contributed by atoms with Crippen molar-refractivity contribution < 1.29 is 9.21 Å². The average molecular weight is 332 g/mol. The second kappa shape index (κ2) is 6.48. The van der Waals surface area contributed by atoms with E-state index in [1.54, 1.807) is 6.07 Å². The number of amides is 1. The van der Waals surface area contributed by atoms with Gasteiger partial charge < -0.3 is 14.3 Å². The fourth-order valence-corrected chi connectivity index (χ4v) is 3.27. The molecule has 2 heterocycles. The summed E-state index contributed by atoms with van der Waals surface area (Å²) < 4.78 is 7.89. The average Bonchev–Trinajstić information content (AvgIpc) is 3.19. The smallest absolute Gasteiger partial charge is 0.287 e. The van der Waals surface area contributed by atoms with Crippen molar-refractivity contribution in [3.05, 3.63) is 72.1 Å². The number of nitrogens with one attached hydrogen (secondary N) is 1. The van der Waals surface area contributed by atoms with E-state index in [1.807, 2.05) is 24.3 Å². The van der Waals surface area contributed by atoms with E-state index in [-0.39, 0.29) is 5.91 Å². The molecule has 0 unspecified atom stereocenters. The molecule has 2 aromatic carbocycles. The van der Waals surface area contributed by atoms with Crippen molar-refractivity contribution >= 4 is 27.8 Å². The molecule has 25 heavy (non-hydrogen) atoms. The van der Waals surface area contributed by atoms with Crippen molar-refractivity contribution in [1.82, 2.24) is 9.88 Å². The molecule has 1 amide bonds. The van der Waals surface area contributed by atoms with Gasteiger partial charge >= 0.3 is 0 Å². The number of benzene rings is 2. The number of fused-ring (bicyclic) bond motifs is 2. The first-order chi connectivity index (χ1) is 12.2. The lowest BCUT2D eigenvalue weighted by molar-refractivity contribution is 0.0927. The topological polar surface area (TPSA) is 47.2 Å². The van der Waals surface area contributed by atoms with Crippen LogP contribution in [0.2, 0.25) is 0 Å². The molecule has 4 heteroatoms. The largest absolute Gasteiger partial charge is 0.451 e. The van der Waals surface area contributed by atoms with Crippen LogP contribution < -0.4 is 5.32 Å². The number of rotatable bonds is 5. The number of aromatic nitrogens is 1. The van der Waals surface area contributed by atoms with Gasteiger partial charge in [-0.25, -0.2) is 0 Å². The number of hydrogen-bond donors (Lipinski definition) is 1. The van der Waals surface area contributed by atoms with Gasteiger partial charge in [-0.1, -0.05) is 36.4 Å². The fraction of sp³-hybridized carbons (Fsp3) is 0.190. The maximum absolute atomic E-state index is 12.2. The first kappa shape index (κ1) is 15.5. The Bertz CT molecular complexity index is 1010. The monoisotopic (exact) mass is 332 g/mol. The van der Waals surface area contributed by atoms with Crippen molar-refractivity contribution in [3.63, 3.8) is 0 Å². The van der Waals surface area contributed by atoms with E-state index in [2.05, 4.69) is 47.1 Å². The van der Waals surface area contributed by atoms with E-state index in [0.717, 1.165) is 23.9 Å². The molecular formula is C21H20N2O2. The summed E-state index contributed by atoms with van der Waals surface area (Å²) >= 11 is 0. The predicted molar refractivity (Wildman–Crippen MR) is 99.8 cm³/mol.